The fourth-order valence-electron chi connectivity index (χ4n) is 7.14. The van der Waals surface area contributed by atoms with Gasteiger partial charge in [-0.1, -0.05) is 176 Å². The molecule has 9 rings (SSSR count). The summed E-state index contributed by atoms with van der Waals surface area (Å²) in [4.78, 5) is 14.7. The van der Waals surface area contributed by atoms with Crippen molar-refractivity contribution in [1.29, 1.82) is 0 Å². The summed E-state index contributed by atoms with van der Waals surface area (Å²) in [6.07, 6.45) is 0. The zero-order valence-corrected chi connectivity index (χ0v) is 27.1. The van der Waals surface area contributed by atoms with E-state index in [9.17, 15) is 0 Å². The minimum atomic E-state index is -0.541. The van der Waals surface area contributed by atoms with Gasteiger partial charge >= 0.3 is 0 Å². The van der Waals surface area contributed by atoms with Gasteiger partial charge in [-0.25, -0.2) is 15.0 Å². The molecule has 1 aliphatic rings. The molecular formula is C46H31N3O. The minimum Gasteiger partial charge on any atom is -0.457 e. The third kappa shape index (κ3) is 5.06. The Morgan fingerprint density at radius 3 is 1.26 bits per heavy atom. The number of hydrogen-bond acceptors (Lipinski definition) is 4. The van der Waals surface area contributed by atoms with Crippen molar-refractivity contribution in [3.63, 3.8) is 0 Å². The van der Waals surface area contributed by atoms with Gasteiger partial charge in [-0.05, 0) is 34.4 Å². The Labute approximate surface area is 291 Å². The maximum Gasteiger partial charge on any atom is 0.164 e. The molecule has 2 heterocycles. The van der Waals surface area contributed by atoms with Gasteiger partial charge in [-0.15, -0.1) is 0 Å². The average Bonchev–Trinajstić information content (AvgIpc) is 3.21. The van der Waals surface area contributed by atoms with E-state index in [1.54, 1.807) is 0 Å². The Morgan fingerprint density at radius 1 is 0.320 bits per heavy atom. The number of nitrogens with zero attached hydrogens (tertiary/aromatic N) is 3. The summed E-state index contributed by atoms with van der Waals surface area (Å²) in [5.74, 6) is 3.62. The summed E-state index contributed by atoms with van der Waals surface area (Å²) in [6, 6.07) is 65.0. The second-order valence-electron chi connectivity index (χ2n) is 12.4. The van der Waals surface area contributed by atoms with Gasteiger partial charge in [0.25, 0.3) is 0 Å². The Balaban J connectivity index is 1.14. The predicted molar refractivity (Wildman–Crippen MR) is 200 cm³/mol. The average molecular weight is 642 g/mol. The molecule has 0 spiro atoms. The molecule has 50 heavy (non-hydrogen) atoms. The summed E-state index contributed by atoms with van der Waals surface area (Å²) in [7, 11) is 0. The number of ether oxygens (including phenoxy) is 1. The molecule has 8 aromatic rings. The molecule has 0 amide bonds. The third-order valence-corrected chi connectivity index (χ3v) is 9.49. The highest BCUT2D eigenvalue weighted by Gasteiger charge is 2.45. The van der Waals surface area contributed by atoms with E-state index in [2.05, 4.69) is 121 Å². The molecular weight excluding hydrogens is 611 g/mol. The smallest absolute Gasteiger partial charge is 0.164 e. The van der Waals surface area contributed by atoms with Crippen LogP contribution in [0.3, 0.4) is 0 Å². The molecule has 0 saturated heterocycles. The van der Waals surface area contributed by atoms with Crippen molar-refractivity contribution in [1.82, 2.24) is 15.0 Å². The number of aromatic nitrogens is 3. The van der Waals surface area contributed by atoms with Crippen LogP contribution in [0.15, 0.2) is 188 Å². The lowest BCUT2D eigenvalue weighted by Crippen LogP contribution is -2.34. The predicted octanol–water partition coefficient (Wildman–Crippen LogP) is 11.0. The van der Waals surface area contributed by atoms with Gasteiger partial charge in [0.1, 0.15) is 11.5 Å². The monoisotopic (exact) mass is 641 g/mol. The van der Waals surface area contributed by atoms with Crippen molar-refractivity contribution in [3.8, 4) is 56.8 Å². The molecule has 1 aliphatic heterocycles. The molecule has 0 atom stereocenters. The summed E-state index contributed by atoms with van der Waals surface area (Å²) in [6.45, 7) is 0. The first-order valence-electron chi connectivity index (χ1n) is 16.8. The van der Waals surface area contributed by atoms with Crippen LogP contribution in [0.4, 0.5) is 0 Å². The Bertz CT molecular complexity index is 2330. The van der Waals surface area contributed by atoms with Gasteiger partial charge < -0.3 is 4.74 Å². The van der Waals surface area contributed by atoms with Crippen LogP contribution in [0.5, 0.6) is 11.5 Å². The Hall–Kier alpha value is -6.65. The molecule has 1 aromatic heterocycles. The molecule has 236 valence electrons. The topological polar surface area (TPSA) is 47.9 Å². The third-order valence-electron chi connectivity index (χ3n) is 9.49. The highest BCUT2D eigenvalue weighted by atomic mass is 16.5. The van der Waals surface area contributed by atoms with E-state index in [1.807, 2.05) is 66.7 Å². The maximum absolute atomic E-state index is 6.71. The lowest BCUT2D eigenvalue weighted by molar-refractivity contribution is 0.435. The van der Waals surface area contributed by atoms with E-state index in [0.717, 1.165) is 50.4 Å². The van der Waals surface area contributed by atoms with E-state index >= 15 is 0 Å². The van der Waals surface area contributed by atoms with Crippen molar-refractivity contribution in [2.75, 3.05) is 0 Å². The van der Waals surface area contributed by atoms with Gasteiger partial charge in [0.2, 0.25) is 0 Å². The van der Waals surface area contributed by atoms with Crippen LogP contribution in [0, 0.1) is 0 Å². The van der Waals surface area contributed by atoms with Crippen LogP contribution in [0.25, 0.3) is 45.3 Å². The van der Waals surface area contributed by atoms with Crippen LogP contribution in [-0.4, -0.2) is 15.0 Å². The van der Waals surface area contributed by atoms with E-state index in [-0.39, 0.29) is 0 Å². The summed E-state index contributed by atoms with van der Waals surface area (Å²) in [5, 5.41) is 0. The molecule has 0 aliphatic carbocycles. The quantitative estimate of drug-likeness (QED) is 0.181. The lowest BCUT2D eigenvalue weighted by Gasteiger charge is -2.41. The number of fused-ring (bicyclic) bond motifs is 2. The van der Waals surface area contributed by atoms with Crippen molar-refractivity contribution in [3.05, 3.63) is 210 Å². The number of hydrogen-bond donors (Lipinski definition) is 0. The van der Waals surface area contributed by atoms with Crippen LogP contribution in [-0.2, 0) is 5.41 Å². The van der Waals surface area contributed by atoms with Crippen LogP contribution in [0.2, 0.25) is 0 Å². The van der Waals surface area contributed by atoms with Crippen molar-refractivity contribution < 1.29 is 4.74 Å². The second kappa shape index (κ2) is 12.4. The fourth-order valence-corrected chi connectivity index (χ4v) is 7.14. The Morgan fingerprint density at radius 2 is 0.720 bits per heavy atom. The zero-order valence-electron chi connectivity index (χ0n) is 27.1. The summed E-state index contributed by atoms with van der Waals surface area (Å²) < 4.78 is 6.71. The molecule has 0 unspecified atom stereocenters. The molecule has 0 saturated carbocycles. The highest BCUT2D eigenvalue weighted by Crippen LogP contribution is 2.55. The van der Waals surface area contributed by atoms with E-state index < -0.39 is 5.41 Å². The molecule has 0 radical (unpaired) electrons. The molecule has 0 N–H and O–H groups in total. The molecule has 0 fully saturated rings. The van der Waals surface area contributed by atoms with E-state index in [4.69, 9.17) is 19.7 Å². The van der Waals surface area contributed by atoms with Crippen LogP contribution < -0.4 is 4.74 Å². The van der Waals surface area contributed by atoms with Gasteiger partial charge in [0.15, 0.2) is 17.5 Å². The lowest BCUT2D eigenvalue weighted by atomic mass is 9.63. The van der Waals surface area contributed by atoms with E-state index in [1.165, 1.54) is 11.1 Å². The van der Waals surface area contributed by atoms with Gasteiger partial charge in [0.05, 0.1) is 5.41 Å². The van der Waals surface area contributed by atoms with Gasteiger partial charge in [-0.3, -0.25) is 0 Å². The second-order valence-corrected chi connectivity index (χ2v) is 12.4. The van der Waals surface area contributed by atoms with Crippen LogP contribution in [0.1, 0.15) is 22.3 Å². The zero-order chi connectivity index (χ0) is 33.3. The largest absolute Gasteiger partial charge is 0.457 e. The molecule has 0 bridgehead atoms. The number of para-hydroxylation sites is 1. The standard InChI is InChI=1S/C46H31N3O/c1-5-15-33(16-6-1)43-47-44(34-17-7-2-8-18-34)49-45(48-43)35-27-25-32(26-28-35)36-29-30-40-42(31-36)50-41-24-14-13-23-39(41)46(40,37-19-9-3-10-20-37)38-21-11-4-12-22-38/h1-31H. The summed E-state index contributed by atoms with van der Waals surface area (Å²) >= 11 is 0. The highest BCUT2D eigenvalue weighted by molar-refractivity contribution is 5.75. The first-order valence-corrected chi connectivity index (χ1v) is 16.8. The van der Waals surface area contributed by atoms with Crippen molar-refractivity contribution in [2.45, 2.75) is 5.41 Å². The molecule has 7 aromatic carbocycles. The van der Waals surface area contributed by atoms with Gasteiger partial charge in [0, 0.05) is 27.8 Å². The molecule has 4 nitrogen and oxygen atoms in total. The van der Waals surface area contributed by atoms with Gasteiger partial charge in [-0.2, -0.15) is 0 Å². The maximum atomic E-state index is 6.71. The van der Waals surface area contributed by atoms with E-state index in [0.29, 0.717) is 17.5 Å². The summed E-state index contributed by atoms with van der Waals surface area (Å²) in [5.41, 5.74) is 9.04. The fraction of sp³-hybridized carbons (Fsp3) is 0.0217. The first kappa shape index (κ1) is 29.5. The van der Waals surface area contributed by atoms with Crippen LogP contribution >= 0.6 is 0 Å². The molecule has 4 heteroatoms. The van der Waals surface area contributed by atoms with Crippen molar-refractivity contribution >= 4 is 0 Å². The minimum absolute atomic E-state index is 0.541. The number of benzene rings is 7. The van der Waals surface area contributed by atoms with Crippen molar-refractivity contribution in [2.24, 2.45) is 0 Å². The normalized spacial score (nSPS) is 12.7. The first-order chi connectivity index (χ1) is 24.8. The number of rotatable bonds is 6. The SMILES string of the molecule is c1ccc(-c2nc(-c3ccccc3)nc(-c3ccc(-c4ccc5c(c4)Oc4ccccc4C5(c4ccccc4)c4ccccc4)cc3)n2)cc1. The Kier molecular flexibility index (Phi) is 7.33.